The first-order valence-electron chi connectivity index (χ1n) is 14.2. The average Bonchev–Trinajstić information content (AvgIpc) is 2.88. The third-order valence-electron chi connectivity index (χ3n) is 6.65. The summed E-state index contributed by atoms with van der Waals surface area (Å²) in [4.78, 5) is 78.9. The van der Waals surface area contributed by atoms with E-state index in [0.717, 1.165) is 0 Å². The second-order valence-electron chi connectivity index (χ2n) is 11.0. The molecule has 0 aliphatic rings. The van der Waals surface area contributed by atoms with Crippen molar-refractivity contribution >= 4 is 41.4 Å². The Hall–Kier alpha value is -3.75. The van der Waals surface area contributed by atoms with E-state index in [0.29, 0.717) is 19.3 Å². The average molecular weight is 600 g/mol. The van der Waals surface area contributed by atoms with Crippen molar-refractivity contribution in [3.8, 4) is 0 Å². The number of rotatable bonds is 21. The largest absolute Gasteiger partial charge is 0.481 e. The van der Waals surface area contributed by atoms with Crippen LogP contribution in [0.1, 0.15) is 79.6 Å². The minimum Gasteiger partial charge on any atom is -0.481 e. The van der Waals surface area contributed by atoms with Crippen LogP contribution in [0.5, 0.6) is 0 Å². The molecule has 3 amide bonds. The van der Waals surface area contributed by atoms with Gasteiger partial charge in [-0.1, -0.05) is 47.5 Å². The molecule has 42 heavy (non-hydrogen) atoms. The Kier molecular flexibility index (Phi) is 17.7. The number of carboxylic acids is 2. The van der Waals surface area contributed by atoms with Crippen LogP contribution in [0.3, 0.4) is 0 Å². The van der Waals surface area contributed by atoms with Gasteiger partial charge in [-0.15, -0.1) is 0 Å². The summed E-state index contributed by atoms with van der Waals surface area (Å²) in [5, 5.41) is 26.3. The number of hydrogen-bond donors (Lipinski definition) is 8. The molecule has 0 aliphatic carbocycles. The maximum Gasteiger partial charge on any atom is 0.307 e. The molecule has 11 N–H and O–H groups in total. The Morgan fingerprint density at radius 2 is 1.33 bits per heavy atom. The molecule has 0 bridgehead atoms. The lowest BCUT2D eigenvalue weighted by molar-refractivity contribution is -0.146. The number of nitrogens with two attached hydrogens (primary N) is 3. The van der Waals surface area contributed by atoms with Crippen LogP contribution in [0.4, 0.5) is 0 Å². The van der Waals surface area contributed by atoms with Gasteiger partial charge >= 0.3 is 11.9 Å². The SMILES string of the molecule is CCCC[C@H](NC(=O)[C@@H](N)CCCN=C(N)N)C(=O)N[C@@H](CC(=O)O)C(=O)N[C@H](C(=O)C[C@@H](C(=O)O)C(C)C)C(C)C. The molecule has 15 heteroatoms. The van der Waals surface area contributed by atoms with Crippen LogP contribution in [0.2, 0.25) is 0 Å². The van der Waals surface area contributed by atoms with Crippen LogP contribution in [-0.4, -0.2) is 82.3 Å². The number of ketones is 1. The van der Waals surface area contributed by atoms with Gasteiger partial charge in [-0.3, -0.25) is 33.8 Å². The van der Waals surface area contributed by atoms with Gasteiger partial charge in [-0.05, 0) is 31.1 Å². The minimum absolute atomic E-state index is 0.0895. The molecule has 5 atom stereocenters. The number of unbranched alkanes of at least 4 members (excludes halogenated alkanes) is 1. The highest BCUT2D eigenvalue weighted by Crippen LogP contribution is 2.19. The van der Waals surface area contributed by atoms with Crippen LogP contribution in [0.25, 0.3) is 0 Å². The number of carboxylic acid groups (broad SMARTS) is 2. The molecule has 0 saturated carbocycles. The number of carbonyl (C=O) groups is 6. The predicted octanol–water partition coefficient (Wildman–Crippen LogP) is -0.541. The van der Waals surface area contributed by atoms with Gasteiger partial charge in [0.2, 0.25) is 17.7 Å². The van der Waals surface area contributed by atoms with Crippen molar-refractivity contribution in [1.29, 1.82) is 0 Å². The summed E-state index contributed by atoms with van der Waals surface area (Å²) < 4.78 is 0. The van der Waals surface area contributed by atoms with Gasteiger partial charge in [0, 0.05) is 13.0 Å². The van der Waals surface area contributed by atoms with Crippen LogP contribution in [0, 0.1) is 17.8 Å². The van der Waals surface area contributed by atoms with Crippen molar-refractivity contribution in [3.05, 3.63) is 0 Å². The maximum absolute atomic E-state index is 13.2. The normalized spacial score (nSPS) is 14.7. The lowest BCUT2D eigenvalue weighted by atomic mass is 9.86. The molecule has 15 nitrogen and oxygen atoms in total. The minimum atomic E-state index is -1.57. The van der Waals surface area contributed by atoms with Gasteiger partial charge in [-0.2, -0.15) is 0 Å². The molecule has 0 unspecified atom stereocenters. The van der Waals surface area contributed by atoms with Gasteiger partial charge in [0.1, 0.15) is 12.1 Å². The van der Waals surface area contributed by atoms with E-state index in [1.54, 1.807) is 27.7 Å². The second kappa shape index (κ2) is 19.4. The van der Waals surface area contributed by atoms with Crippen molar-refractivity contribution in [2.45, 2.75) is 104 Å². The molecule has 0 rings (SSSR count). The van der Waals surface area contributed by atoms with Crippen molar-refractivity contribution in [2.24, 2.45) is 39.9 Å². The monoisotopic (exact) mass is 599 g/mol. The summed E-state index contributed by atoms with van der Waals surface area (Å²) in [7, 11) is 0. The lowest BCUT2D eigenvalue weighted by Crippen LogP contribution is -2.58. The molecule has 0 aromatic carbocycles. The topological polar surface area (TPSA) is 269 Å². The number of nitrogens with one attached hydrogen (secondary N) is 3. The smallest absolute Gasteiger partial charge is 0.307 e. The first-order valence-corrected chi connectivity index (χ1v) is 14.2. The molecular formula is C27H49N7O8. The van der Waals surface area contributed by atoms with Crippen LogP contribution >= 0.6 is 0 Å². The quantitative estimate of drug-likeness (QED) is 0.0471. The van der Waals surface area contributed by atoms with Gasteiger partial charge in [-0.25, -0.2) is 0 Å². The number of aliphatic imine (C=N–C) groups is 1. The van der Waals surface area contributed by atoms with Gasteiger partial charge in [0.15, 0.2) is 11.7 Å². The summed E-state index contributed by atoms with van der Waals surface area (Å²) in [5.41, 5.74) is 16.5. The zero-order chi connectivity index (χ0) is 32.6. The van der Waals surface area contributed by atoms with E-state index in [4.69, 9.17) is 17.2 Å². The summed E-state index contributed by atoms with van der Waals surface area (Å²) in [5.74, 6) is -7.22. The summed E-state index contributed by atoms with van der Waals surface area (Å²) in [6.45, 7) is 8.78. The number of nitrogens with zero attached hydrogens (tertiary/aromatic N) is 1. The van der Waals surface area contributed by atoms with E-state index in [1.807, 2.05) is 6.92 Å². The van der Waals surface area contributed by atoms with Gasteiger partial charge in [0.25, 0.3) is 0 Å². The van der Waals surface area contributed by atoms with Crippen molar-refractivity contribution in [2.75, 3.05) is 6.54 Å². The third kappa shape index (κ3) is 14.8. The van der Waals surface area contributed by atoms with Gasteiger partial charge < -0.3 is 43.4 Å². The predicted molar refractivity (Wildman–Crippen MR) is 156 cm³/mol. The van der Waals surface area contributed by atoms with E-state index in [-0.39, 0.29) is 37.7 Å². The van der Waals surface area contributed by atoms with E-state index < -0.39 is 77.9 Å². The van der Waals surface area contributed by atoms with E-state index in [2.05, 4.69) is 20.9 Å². The molecule has 0 saturated heterocycles. The van der Waals surface area contributed by atoms with Crippen LogP contribution < -0.4 is 33.2 Å². The third-order valence-corrected chi connectivity index (χ3v) is 6.65. The first-order chi connectivity index (χ1) is 19.5. The molecule has 0 fully saturated rings. The van der Waals surface area contributed by atoms with Crippen LogP contribution in [0.15, 0.2) is 4.99 Å². The standard InChI is InChI=1S/C27H49N7O8/c1-6-7-10-18(32-23(38)17(28)9-8-11-31-27(29)30)24(39)33-19(13-21(36)37)25(40)34-22(15(4)5)20(35)12-16(14(2)3)26(41)42/h14-19,22H,6-13,28H2,1-5H3,(H,32,38)(H,33,39)(H,34,40)(H,36,37)(H,41,42)(H4,29,30,31)/t16-,17+,18+,19+,22+/m1/s1. The molecule has 0 aromatic heterocycles. The fourth-order valence-electron chi connectivity index (χ4n) is 4.09. The Morgan fingerprint density at radius 3 is 1.81 bits per heavy atom. The Bertz CT molecular complexity index is 966. The summed E-state index contributed by atoms with van der Waals surface area (Å²) in [6.07, 6.45) is 0.962. The number of aliphatic carboxylic acids is 2. The number of amides is 3. The number of hydrogen-bond acceptors (Lipinski definition) is 8. The fourth-order valence-corrected chi connectivity index (χ4v) is 4.09. The molecule has 0 aromatic rings. The van der Waals surface area contributed by atoms with Gasteiger partial charge in [0.05, 0.1) is 24.4 Å². The van der Waals surface area contributed by atoms with Crippen LogP contribution in [-0.2, 0) is 28.8 Å². The zero-order valence-electron chi connectivity index (χ0n) is 25.2. The van der Waals surface area contributed by atoms with E-state index in [1.165, 1.54) is 0 Å². The Labute approximate surface area is 246 Å². The second-order valence-corrected chi connectivity index (χ2v) is 11.0. The fraction of sp³-hybridized carbons (Fsp3) is 0.741. The summed E-state index contributed by atoms with van der Waals surface area (Å²) in [6, 6.07) is -4.75. The van der Waals surface area contributed by atoms with Crippen molar-refractivity contribution < 1.29 is 39.0 Å². The highest BCUT2D eigenvalue weighted by molar-refractivity contribution is 5.97. The number of carbonyl (C=O) groups excluding carboxylic acids is 4. The molecule has 0 radical (unpaired) electrons. The zero-order valence-corrected chi connectivity index (χ0v) is 25.2. The van der Waals surface area contributed by atoms with E-state index in [9.17, 15) is 39.0 Å². The summed E-state index contributed by atoms with van der Waals surface area (Å²) >= 11 is 0. The lowest BCUT2D eigenvalue weighted by Gasteiger charge is -2.27. The van der Waals surface area contributed by atoms with Crippen molar-refractivity contribution in [3.63, 3.8) is 0 Å². The highest BCUT2D eigenvalue weighted by Gasteiger charge is 2.34. The molecule has 0 aliphatic heterocycles. The Balaban J connectivity index is 5.69. The molecule has 0 spiro atoms. The molecule has 240 valence electrons. The molecular weight excluding hydrogens is 550 g/mol. The van der Waals surface area contributed by atoms with Crippen molar-refractivity contribution in [1.82, 2.24) is 16.0 Å². The Morgan fingerprint density at radius 1 is 0.762 bits per heavy atom. The number of Topliss-reactive ketones (excluding diaryl/α,β-unsaturated/α-hetero) is 1. The molecule has 0 heterocycles. The maximum atomic E-state index is 13.2. The number of guanidine groups is 1. The first kappa shape index (κ1) is 38.2. The highest BCUT2D eigenvalue weighted by atomic mass is 16.4. The van der Waals surface area contributed by atoms with E-state index >= 15 is 0 Å².